The van der Waals surface area contributed by atoms with Gasteiger partial charge in [0.15, 0.2) is 5.82 Å². The van der Waals surface area contributed by atoms with Gasteiger partial charge < -0.3 is 10.5 Å². The lowest BCUT2D eigenvalue weighted by molar-refractivity contribution is 0.411. The van der Waals surface area contributed by atoms with Gasteiger partial charge in [0, 0.05) is 18.8 Å². The summed E-state index contributed by atoms with van der Waals surface area (Å²) in [5.74, 6) is 1.45. The molecule has 0 aliphatic heterocycles. The van der Waals surface area contributed by atoms with Crippen LogP contribution in [-0.4, -0.2) is 16.9 Å². The quantitative estimate of drug-likeness (QED) is 0.862. The first-order valence-electron chi connectivity index (χ1n) is 5.48. The van der Waals surface area contributed by atoms with E-state index in [-0.39, 0.29) is 0 Å². The zero-order chi connectivity index (χ0) is 12.6. The number of methoxy groups -OCH3 is 1. The van der Waals surface area contributed by atoms with Gasteiger partial charge in [-0.3, -0.25) is 4.68 Å². The molecule has 0 atom stereocenters. The Hall–Kier alpha value is -1.97. The molecule has 0 aliphatic rings. The van der Waals surface area contributed by atoms with Crippen molar-refractivity contribution < 1.29 is 4.74 Å². The highest BCUT2D eigenvalue weighted by Gasteiger charge is 2.12. The molecule has 17 heavy (non-hydrogen) atoms. The average molecular weight is 231 g/mol. The van der Waals surface area contributed by atoms with Crippen molar-refractivity contribution in [1.29, 1.82) is 0 Å². The number of nitrogens with zero attached hydrogens (tertiary/aromatic N) is 2. The molecule has 2 aromatic rings. The standard InChI is InChI=1S/C13H17N3O/c1-8-9(2)12(17-4)6-5-10(8)11-7-16(3)15-13(11)14/h5-7H,1-4H3,(H2,14,15). The fourth-order valence-corrected chi connectivity index (χ4v) is 2.02. The summed E-state index contributed by atoms with van der Waals surface area (Å²) in [6.07, 6.45) is 1.93. The van der Waals surface area contributed by atoms with E-state index in [4.69, 9.17) is 10.5 Å². The molecule has 4 nitrogen and oxygen atoms in total. The van der Waals surface area contributed by atoms with Gasteiger partial charge in [0.25, 0.3) is 0 Å². The van der Waals surface area contributed by atoms with Gasteiger partial charge in [-0.15, -0.1) is 0 Å². The minimum atomic E-state index is 0.556. The van der Waals surface area contributed by atoms with E-state index in [0.29, 0.717) is 5.82 Å². The molecule has 0 saturated heterocycles. The van der Waals surface area contributed by atoms with Gasteiger partial charge in [-0.25, -0.2) is 0 Å². The van der Waals surface area contributed by atoms with Gasteiger partial charge in [-0.1, -0.05) is 6.07 Å². The van der Waals surface area contributed by atoms with Crippen LogP contribution in [0.15, 0.2) is 18.3 Å². The van der Waals surface area contributed by atoms with Crippen molar-refractivity contribution in [2.45, 2.75) is 13.8 Å². The Balaban J connectivity index is 2.61. The predicted molar refractivity (Wildman–Crippen MR) is 69.1 cm³/mol. The van der Waals surface area contributed by atoms with Gasteiger partial charge >= 0.3 is 0 Å². The van der Waals surface area contributed by atoms with E-state index in [9.17, 15) is 0 Å². The van der Waals surface area contributed by atoms with Gasteiger partial charge in [-0.2, -0.15) is 5.10 Å². The van der Waals surface area contributed by atoms with Crippen LogP contribution in [0.5, 0.6) is 5.75 Å². The lowest BCUT2D eigenvalue weighted by Crippen LogP contribution is -1.94. The summed E-state index contributed by atoms with van der Waals surface area (Å²) in [5.41, 5.74) is 10.3. The van der Waals surface area contributed by atoms with Crippen LogP contribution in [0.1, 0.15) is 11.1 Å². The normalized spacial score (nSPS) is 10.6. The summed E-state index contributed by atoms with van der Waals surface area (Å²) in [7, 11) is 3.55. The Labute approximate surface area is 101 Å². The molecule has 4 heteroatoms. The van der Waals surface area contributed by atoms with Crippen LogP contribution in [0.4, 0.5) is 5.82 Å². The third-order valence-electron chi connectivity index (χ3n) is 3.10. The minimum absolute atomic E-state index is 0.556. The van der Waals surface area contributed by atoms with E-state index in [0.717, 1.165) is 22.4 Å². The molecule has 0 amide bonds. The summed E-state index contributed by atoms with van der Waals surface area (Å²) in [5, 5.41) is 4.16. The highest BCUT2D eigenvalue weighted by Crippen LogP contribution is 2.33. The highest BCUT2D eigenvalue weighted by atomic mass is 16.5. The molecule has 2 N–H and O–H groups in total. The van der Waals surface area contributed by atoms with Crippen molar-refractivity contribution in [3.05, 3.63) is 29.5 Å². The second kappa shape index (κ2) is 4.13. The molecule has 0 fully saturated rings. The second-order valence-electron chi connectivity index (χ2n) is 4.17. The van der Waals surface area contributed by atoms with Crippen molar-refractivity contribution in [1.82, 2.24) is 9.78 Å². The first kappa shape index (κ1) is 11.5. The molecule has 0 saturated carbocycles. The van der Waals surface area contributed by atoms with Crippen LogP contribution < -0.4 is 10.5 Å². The van der Waals surface area contributed by atoms with E-state index in [1.54, 1.807) is 11.8 Å². The Bertz CT molecular complexity index is 558. The lowest BCUT2D eigenvalue weighted by Gasteiger charge is -2.11. The number of aryl methyl sites for hydroxylation is 1. The number of anilines is 1. The van der Waals surface area contributed by atoms with Crippen molar-refractivity contribution in [3.8, 4) is 16.9 Å². The highest BCUT2D eigenvalue weighted by molar-refractivity contribution is 5.77. The minimum Gasteiger partial charge on any atom is -0.496 e. The van der Waals surface area contributed by atoms with Crippen LogP contribution >= 0.6 is 0 Å². The molecule has 2 rings (SSSR count). The van der Waals surface area contributed by atoms with Crippen molar-refractivity contribution in [2.75, 3.05) is 12.8 Å². The van der Waals surface area contributed by atoms with Crippen molar-refractivity contribution >= 4 is 5.82 Å². The Morgan fingerprint density at radius 2 is 1.88 bits per heavy atom. The Kier molecular flexibility index (Phi) is 2.79. The van der Waals surface area contributed by atoms with Gasteiger partial charge in [0.2, 0.25) is 0 Å². The molecule has 0 unspecified atom stereocenters. The first-order chi connectivity index (χ1) is 8.04. The van der Waals surface area contributed by atoms with E-state index < -0.39 is 0 Å². The Morgan fingerprint density at radius 1 is 1.18 bits per heavy atom. The van der Waals surface area contributed by atoms with Gasteiger partial charge in [0.05, 0.1) is 7.11 Å². The summed E-state index contributed by atoms with van der Waals surface area (Å²) >= 11 is 0. The Morgan fingerprint density at radius 3 is 2.41 bits per heavy atom. The zero-order valence-electron chi connectivity index (χ0n) is 10.6. The largest absolute Gasteiger partial charge is 0.496 e. The van der Waals surface area contributed by atoms with Crippen LogP contribution in [0.3, 0.4) is 0 Å². The van der Waals surface area contributed by atoms with E-state index >= 15 is 0 Å². The maximum atomic E-state index is 5.90. The number of rotatable bonds is 2. The van der Waals surface area contributed by atoms with Crippen LogP contribution in [0.2, 0.25) is 0 Å². The molecule has 1 heterocycles. The zero-order valence-corrected chi connectivity index (χ0v) is 10.6. The number of ether oxygens (including phenoxy) is 1. The van der Waals surface area contributed by atoms with Crippen LogP contribution in [0, 0.1) is 13.8 Å². The molecular formula is C13H17N3O. The summed E-state index contributed by atoms with van der Waals surface area (Å²) < 4.78 is 7.03. The lowest BCUT2D eigenvalue weighted by atomic mass is 9.98. The number of nitrogen functional groups attached to an aromatic ring is 1. The molecule has 0 aliphatic carbocycles. The maximum absolute atomic E-state index is 5.90. The van der Waals surface area contributed by atoms with Gasteiger partial charge in [0.1, 0.15) is 5.75 Å². The third-order valence-corrected chi connectivity index (χ3v) is 3.10. The SMILES string of the molecule is COc1ccc(-c2cn(C)nc2N)c(C)c1C. The smallest absolute Gasteiger partial charge is 0.153 e. The number of hydrogen-bond acceptors (Lipinski definition) is 3. The number of nitrogens with two attached hydrogens (primary N) is 1. The topological polar surface area (TPSA) is 53.1 Å². The monoisotopic (exact) mass is 231 g/mol. The van der Waals surface area contributed by atoms with E-state index in [2.05, 4.69) is 12.0 Å². The summed E-state index contributed by atoms with van der Waals surface area (Å²) in [6.45, 7) is 4.11. The van der Waals surface area contributed by atoms with Crippen molar-refractivity contribution in [2.24, 2.45) is 7.05 Å². The molecule has 0 spiro atoms. The molecular weight excluding hydrogens is 214 g/mol. The fraction of sp³-hybridized carbons (Fsp3) is 0.308. The second-order valence-corrected chi connectivity index (χ2v) is 4.17. The summed E-state index contributed by atoms with van der Waals surface area (Å²) in [6, 6.07) is 3.98. The molecule has 90 valence electrons. The molecule has 1 aromatic heterocycles. The first-order valence-corrected chi connectivity index (χ1v) is 5.48. The molecule has 1 aromatic carbocycles. The fourth-order valence-electron chi connectivity index (χ4n) is 2.02. The van der Waals surface area contributed by atoms with E-state index in [1.807, 2.05) is 32.3 Å². The molecule has 0 radical (unpaired) electrons. The van der Waals surface area contributed by atoms with Crippen LogP contribution in [0.25, 0.3) is 11.1 Å². The number of benzene rings is 1. The summed E-state index contributed by atoms with van der Waals surface area (Å²) in [4.78, 5) is 0. The number of aromatic nitrogens is 2. The van der Waals surface area contributed by atoms with Gasteiger partial charge in [-0.05, 0) is 36.6 Å². The predicted octanol–water partition coefficient (Wildman–Crippen LogP) is 2.29. The molecule has 0 bridgehead atoms. The van der Waals surface area contributed by atoms with Crippen LogP contribution in [-0.2, 0) is 7.05 Å². The maximum Gasteiger partial charge on any atom is 0.153 e. The van der Waals surface area contributed by atoms with Crippen molar-refractivity contribution in [3.63, 3.8) is 0 Å². The van der Waals surface area contributed by atoms with E-state index in [1.165, 1.54) is 5.56 Å². The average Bonchev–Trinajstić information content (AvgIpc) is 2.62. The number of hydrogen-bond donors (Lipinski definition) is 1. The third kappa shape index (κ3) is 1.86.